The van der Waals surface area contributed by atoms with Crippen LogP contribution in [-0.2, 0) is 9.84 Å². The summed E-state index contributed by atoms with van der Waals surface area (Å²) in [6.45, 7) is 1.65. The second kappa shape index (κ2) is 7.44. The molecule has 1 saturated heterocycles. The van der Waals surface area contributed by atoms with Crippen molar-refractivity contribution in [1.82, 2.24) is 10.6 Å². The molecule has 0 aliphatic carbocycles. The Hall–Kier alpha value is -1.41. The number of hydrogen-bond acceptors (Lipinski definition) is 5. The fourth-order valence-corrected chi connectivity index (χ4v) is 4.97. The first kappa shape index (κ1) is 17.9. The lowest BCUT2D eigenvalue weighted by Gasteiger charge is -2.09. The molecule has 124 valence electrons. The maximum atomic E-state index is 12.5. The van der Waals surface area contributed by atoms with E-state index >= 15 is 0 Å². The van der Waals surface area contributed by atoms with Gasteiger partial charge in [0.15, 0.2) is 0 Å². The Bertz CT molecular complexity index is 769. The van der Waals surface area contributed by atoms with Gasteiger partial charge >= 0.3 is 0 Å². The zero-order valence-corrected chi connectivity index (χ0v) is 14.6. The predicted molar refractivity (Wildman–Crippen MR) is 92.2 cm³/mol. The van der Waals surface area contributed by atoms with Gasteiger partial charge in [0.2, 0.25) is 9.84 Å². The number of carbonyl (C=O) groups excluding carboxylic acids is 1. The third-order valence-corrected chi connectivity index (χ3v) is 6.86. The van der Waals surface area contributed by atoms with Crippen molar-refractivity contribution < 1.29 is 13.2 Å². The fourth-order valence-electron chi connectivity index (χ4n) is 2.34. The summed E-state index contributed by atoms with van der Waals surface area (Å²) in [5.74, 6) is -0.215. The van der Waals surface area contributed by atoms with Gasteiger partial charge in [-0.15, -0.1) is 23.7 Å². The van der Waals surface area contributed by atoms with Gasteiger partial charge in [-0.05, 0) is 37.2 Å². The standard InChI is InChI=1S/C15H16N2O3S2.ClH/c18-15(17-11-8-9-16-10-11)13-6-7-14(21-13)22(19,20)12-4-2-1-3-5-12;/h1-7,11,16H,8-10H2,(H,17,18);1H. The van der Waals surface area contributed by atoms with Crippen molar-refractivity contribution in [2.24, 2.45) is 0 Å². The molecule has 0 radical (unpaired) electrons. The minimum Gasteiger partial charge on any atom is -0.347 e. The number of amides is 1. The minimum atomic E-state index is -3.55. The number of carbonyl (C=O) groups is 1. The van der Waals surface area contributed by atoms with E-state index in [4.69, 9.17) is 0 Å². The van der Waals surface area contributed by atoms with Crippen molar-refractivity contribution in [3.63, 3.8) is 0 Å². The van der Waals surface area contributed by atoms with Crippen molar-refractivity contribution in [2.75, 3.05) is 13.1 Å². The van der Waals surface area contributed by atoms with Crippen LogP contribution in [-0.4, -0.2) is 33.5 Å². The van der Waals surface area contributed by atoms with E-state index < -0.39 is 9.84 Å². The van der Waals surface area contributed by atoms with Crippen LogP contribution in [0, 0.1) is 0 Å². The van der Waals surface area contributed by atoms with Crippen LogP contribution in [0.5, 0.6) is 0 Å². The molecule has 2 aromatic rings. The number of halogens is 1. The molecule has 8 heteroatoms. The summed E-state index contributed by atoms with van der Waals surface area (Å²) in [6, 6.07) is 11.4. The Morgan fingerprint density at radius 3 is 2.57 bits per heavy atom. The second-order valence-electron chi connectivity index (χ2n) is 5.10. The van der Waals surface area contributed by atoms with Crippen LogP contribution in [0.1, 0.15) is 16.1 Å². The Balaban J connectivity index is 0.00000192. The minimum absolute atomic E-state index is 0. The van der Waals surface area contributed by atoms with E-state index in [0.717, 1.165) is 30.8 Å². The highest BCUT2D eigenvalue weighted by Crippen LogP contribution is 2.27. The Morgan fingerprint density at radius 2 is 1.91 bits per heavy atom. The quantitative estimate of drug-likeness (QED) is 0.861. The average Bonchev–Trinajstić information content (AvgIpc) is 3.19. The molecular formula is C15H17ClN2O3S2. The monoisotopic (exact) mass is 372 g/mol. The van der Waals surface area contributed by atoms with Gasteiger partial charge < -0.3 is 10.6 Å². The number of thiophene rings is 1. The van der Waals surface area contributed by atoms with E-state index in [0.29, 0.717) is 4.88 Å². The van der Waals surface area contributed by atoms with E-state index in [2.05, 4.69) is 10.6 Å². The zero-order chi connectivity index (χ0) is 15.6. The molecule has 2 N–H and O–H groups in total. The molecule has 1 fully saturated rings. The summed E-state index contributed by atoms with van der Waals surface area (Å²) >= 11 is 1.01. The van der Waals surface area contributed by atoms with E-state index in [9.17, 15) is 13.2 Å². The summed E-state index contributed by atoms with van der Waals surface area (Å²) in [5, 5.41) is 6.09. The highest BCUT2D eigenvalue weighted by molar-refractivity contribution is 7.93. The van der Waals surface area contributed by atoms with Gasteiger partial charge in [-0.1, -0.05) is 18.2 Å². The molecule has 1 aliphatic heterocycles. The molecule has 1 aliphatic rings. The van der Waals surface area contributed by atoms with Crippen LogP contribution in [0.4, 0.5) is 0 Å². The van der Waals surface area contributed by atoms with Crippen molar-refractivity contribution in [1.29, 1.82) is 0 Å². The molecule has 2 heterocycles. The van der Waals surface area contributed by atoms with Crippen molar-refractivity contribution in [2.45, 2.75) is 21.6 Å². The van der Waals surface area contributed by atoms with Crippen molar-refractivity contribution in [3.8, 4) is 0 Å². The van der Waals surface area contributed by atoms with Crippen LogP contribution in [0.3, 0.4) is 0 Å². The molecule has 1 atom stereocenters. The van der Waals surface area contributed by atoms with Gasteiger partial charge in [0.25, 0.3) is 5.91 Å². The summed E-state index contributed by atoms with van der Waals surface area (Å²) in [6.07, 6.45) is 0.895. The van der Waals surface area contributed by atoms with E-state index in [1.807, 2.05) is 0 Å². The number of hydrogen-bond donors (Lipinski definition) is 2. The topological polar surface area (TPSA) is 75.3 Å². The van der Waals surface area contributed by atoms with Gasteiger partial charge in [0.05, 0.1) is 9.77 Å². The largest absolute Gasteiger partial charge is 0.347 e. The van der Waals surface area contributed by atoms with Gasteiger partial charge in [-0.3, -0.25) is 4.79 Å². The Labute approximate surface area is 145 Å². The highest BCUT2D eigenvalue weighted by Gasteiger charge is 2.23. The summed E-state index contributed by atoms with van der Waals surface area (Å²) < 4.78 is 25.2. The predicted octanol–water partition coefficient (Wildman–Crippen LogP) is 2.09. The summed E-state index contributed by atoms with van der Waals surface area (Å²) in [4.78, 5) is 12.8. The van der Waals surface area contributed by atoms with Crippen LogP contribution in [0.15, 0.2) is 51.6 Å². The van der Waals surface area contributed by atoms with Crippen molar-refractivity contribution >= 4 is 39.5 Å². The van der Waals surface area contributed by atoms with Crippen LogP contribution in [0.2, 0.25) is 0 Å². The smallest absolute Gasteiger partial charge is 0.261 e. The molecule has 5 nitrogen and oxygen atoms in total. The number of rotatable bonds is 4. The van der Waals surface area contributed by atoms with Gasteiger partial charge in [-0.25, -0.2) is 8.42 Å². The number of sulfone groups is 1. The maximum Gasteiger partial charge on any atom is 0.261 e. The van der Waals surface area contributed by atoms with E-state index in [1.54, 1.807) is 36.4 Å². The normalized spacial score (nSPS) is 17.5. The molecule has 23 heavy (non-hydrogen) atoms. The molecule has 1 aromatic heterocycles. The molecule has 1 amide bonds. The molecule has 3 rings (SSSR count). The summed E-state index contributed by atoms with van der Waals surface area (Å²) in [5.41, 5.74) is 0. The lowest BCUT2D eigenvalue weighted by molar-refractivity contribution is 0.0944. The lowest BCUT2D eigenvalue weighted by Crippen LogP contribution is -2.35. The third kappa shape index (κ3) is 3.92. The molecule has 1 unspecified atom stereocenters. The highest BCUT2D eigenvalue weighted by atomic mass is 35.5. The lowest BCUT2D eigenvalue weighted by atomic mass is 10.2. The number of benzene rings is 1. The van der Waals surface area contributed by atoms with Crippen LogP contribution >= 0.6 is 23.7 Å². The molecule has 0 saturated carbocycles. The summed E-state index contributed by atoms with van der Waals surface area (Å²) in [7, 11) is -3.55. The average molecular weight is 373 g/mol. The number of nitrogens with one attached hydrogen (secondary N) is 2. The van der Waals surface area contributed by atoms with Gasteiger partial charge in [0.1, 0.15) is 4.21 Å². The SMILES string of the molecule is Cl.O=C(NC1CCNC1)c1ccc(S(=O)(=O)c2ccccc2)s1. The third-order valence-electron chi connectivity index (χ3n) is 3.52. The van der Waals surface area contributed by atoms with Gasteiger partial charge in [-0.2, -0.15) is 0 Å². The molecule has 0 bridgehead atoms. The molecule has 1 aromatic carbocycles. The first-order valence-electron chi connectivity index (χ1n) is 6.99. The van der Waals surface area contributed by atoms with E-state index in [-0.39, 0.29) is 33.5 Å². The van der Waals surface area contributed by atoms with E-state index in [1.165, 1.54) is 6.07 Å². The first-order chi connectivity index (χ1) is 10.6. The molecular weight excluding hydrogens is 356 g/mol. The fraction of sp³-hybridized carbons (Fsp3) is 0.267. The van der Waals surface area contributed by atoms with Crippen LogP contribution < -0.4 is 10.6 Å². The first-order valence-corrected chi connectivity index (χ1v) is 9.29. The Kier molecular flexibility index (Phi) is 5.80. The maximum absolute atomic E-state index is 12.5. The zero-order valence-electron chi connectivity index (χ0n) is 12.2. The van der Waals surface area contributed by atoms with Crippen molar-refractivity contribution in [3.05, 3.63) is 47.3 Å². The molecule has 0 spiro atoms. The Morgan fingerprint density at radius 1 is 1.17 bits per heavy atom. The van der Waals surface area contributed by atoms with Crippen LogP contribution in [0.25, 0.3) is 0 Å². The second-order valence-corrected chi connectivity index (χ2v) is 8.36. The van der Waals surface area contributed by atoms with Gasteiger partial charge in [0, 0.05) is 12.6 Å².